The van der Waals surface area contributed by atoms with E-state index in [1.807, 2.05) is 0 Å². The van der Waals surface area contributed by atoms with Gasteiger partial charge in [-0.25, -0.2) is 0 Å². The Bertz CT molecular complexity index is 542. The quantitative estimate of drug-likeness (QED) is 0.783. The number of hydrogen-bond acceptors (Lipinski definition) is 2. The molecule has 0 aliphatic heterocycles. The van der Waals surface area contributed by atoms with E-state index in [1.54, 1.807) is 0 Å². The number of unbranched alkanes of at least 4 members (excludes halogenated alkanes) is 1. The minimum absolute atomic E-state index is 0.285. The van der Waals surface area contributed by atoms with E-state index in [0.717, 1.165) is 50.5 Å². The normalized spacial score (nSPS) is 30.0. The molecule has 23 heavy (non-hydrogen) atoms. The first-order valence-corrected chi connectivity index (χ1v) is 9.23. The molecule has 1 fully saturated rings. The number of fused-ring (bicyclic) bond motifs is 1. The Morgan fingerprint density at radius 2 is 2.17 bits per heavy atom. The third-order valence-electron chi connectivity index (χ3n) is 5.85. The minimum atomic E-state index is -0.285. The number of nitrogens with one attached hydrogen (secondary N) is 1. The fourth-order valence-corrected chi connectivity index (χ4v) is 4.44. The molecule has 2 N–H and O–H groups in total. The van der Waals surface area contributed by atoms with Crippen LogP contribution in [-0.2, 0) is 11.2 Å². The van der Waals surface area contributed by atoms with Crippen molar-refractivity contribution < 1.29 is 9.90 Å². The SMILES string of the molecule is CCCCC1CCc2cc(C3CCC(NC=O)C3)ccc2C1O. The number of aliphatic hydroxyl groups is 1. The molecular formula is C20H29NO2. The van der Waals surface area contributed by atoms with E-state index >= 15 is 0 Å². The minimum Gasteiger partial charge on any atom is -0.388 e. The Labute approximate surface area is 139 Å². The molecule has 0 radical (unpaired) electrons. The summed E-state index contributed by atoms with van der Waals surface area (Å²) in [6.45, 7) is 2.21. The molecule has 126 valence electrons. The van der Waals surface area contributed by atoms with Crippen molar-refractivity contribution in [1.82, 2.24) is 5.32 Å². The van der Waals surface area contributed by atoms with Gasteiger partial charge in [-0.1, -0.05) is 38.0 Å². The third-order valence-corrected chi connectivity index (χ3v) is 5.85. The second-order valence-electron chi connectivity index (χ2n) is 7.34. The molecule has 3 rings (SSSR count). The molecule has 4 atom stereocenters. The van der Waals surface area contributed by atoms with E-state index in [9.17, 15) is 9.90 Å². The van der Waals surface area contributed by atoms with Crippen LogP contribution in [0, 0.1) is 5.92 Å². The number of rotatable bonds is 6. The lowest BCUT2D eigenvalue weighted by Gasteiger charge is -2.31. The highest BCUT2D eigenvalue weighted by Gasteiger charge is 2.30. The number of aliphatic hydroxyl groups excluding tert-OH is 1. The Kier molecular flexibility index (Phi) is 5.37. The summed E-state index contributed by atoms with van der Waals surface area (Å²) in [6, 6.07) is 7.02. The zero-order valence-corrected chi connectivity index (χ0v) is 14.1. The molecule has 2 aliphatic carbocycles. The molecule has 3 heteroatoms. The maximum atomic E-state index is 10.7. The fraction of sp³-hybridized carbons (Fsp3) is 0.650. The van der Waals surface area contributed by atoms with Crippen LogP contribution in [0.5, 0.6) is 0 Å². The maximum Gasteiger partial charge on any atom is 0.207 e. The van der Waals surface area contributed by atoms with Crippen molar-refractivity contribution in [3.05, 3.63) is 34.9 Å². The van der Waals surface area contributed by atoms with Gasteiger partial charge in [0.1, 0.15) is 0 Å². The summed E-state index contributed by atoms with van der Waals surface area (Å²) in [5.74, 6) is 0.980. The molecule has 3 nitrogen and oxygen atoms in total. The van der Waals surface area contributed by atoms with Gasteiger partial charge in [0.2, 0.25) is 6.41 Å². The van der Waals surface area contributed by atoms with Gasteiger partial charge in [0.15, 0.2) is 0 Å². The number of amides is 1. The lowest BCUT2D eigenvalue weighted by molar-refractivity contribution is -0.110. The zero-order chi connectivity index (χ0) is 16.2. The van der Waals surface area contributed by atoms with Crippen LogP contribution in [-0.4, -0.2) is 17.6 Å². The lowest BCUT2D eigenvalue weighted by atomic mass is 9.78. The van der Waals surface area contributed by atoms with Gasteiger partial charge < -0.3 is 10.4 Å². The van der Waals surface area contributed by atoms with Gasteiger partial charge in [-0.2, -0.15) is 0 Å². The number of aryl methyl sites for hydroxylation is 1. The molecule has 0 bridgehead atoms. The fourth-order valence-electron chi connectivity index (χ4n) is 4.44. The second kappa shape index (κ2) is 7.48. The number of benzene rings is 1. The van der Waals surface area contributed by atoms with Crippen molar-refractivity contribution in [2.75, 3.05) is 0 Å². The zero-order valence-electron chi connectivity index (χ0n) is 14.1. The average molecular weight is 315 g/mol. The van der Waals surface area contributed by atoms with Crippen molar-refractivity contribution in [3.8, 4) is 0 Å². The Morgan fingerprint density at radius 3 is 2.96 bits per heavy atom. The molecule has 1 aromatic rings. The van der Waals surface area contributed by atoms with E-state index < -0.39 is 0 Å². The topological polar surface area (TPSA) is 49.3 Å². The standard InChI is InChI=1S/C20H29NO2/c1-2-3-4-14-5-6-17-11-15(8-10-19(17)20(14)23)16-7-9-18(12-16)21-13-22/h8,10-11,13-14,16,18,20,23H,2-7,9,12H2,1H3,(H,21,22). The van der Waals surface area contributed by atoms with E-state index in [2.05, 4.69) is 30.4 Å². The number of carbonyl (C=O) groups is 1. The van der Waals surface area contributed by atoms with Gasteiger partial charge in [0, 0.05) is 6.04 Å². The van der Waals surface area contributed by atoms with Gasteiger partial charge in [0.25, 0.3) is 0 Å². The van der Waals surface area contributed by atoms with Crippen LogP contribution < -0.4 is 5.32 Å². The highest BCUT2D eigenvalue weighted by atomic mass is 16.3. The Balaban J connectivity index is 1.70. The summed E-state index contributed by atoms with van der Waals surface area (Å²) in [7, 11) is 0. The predicted molar refractivity (Wildman–Crippen MR) is 92.3 cm³/mol. The van der Waals surface area contributed by atoms with Crippen LogP contribution in [0.15, 0.2) is 18.2 Å². The summed E-state index contributed by atoms with van der Waals surface area (Å²) in [4.78, 5) is 10.6. The smallest absolute Gasteiger partial charge is 0.207 e. The van der Waals surface area contributed by atoms with Crippen LogP contribution in [0.4, 0.5) is 0 Å². The van der Waals surface area contributed by atoms with Crippen molar-refractivity contribution in [1.29, 1.82) is 0 Å². The summed E-state index contributed by atoms with van der Waals surface area (Å²) in [5, 5.41) is 13.6. The van der Waals surface area contributed by atoms with Crippen LogP contribution in [0.1, 0.15) is 80.6 Å². The lowest BCUT2D eigenvalue weighted by Crippen LogP contribution is -2.24. The van der Waals surface area contributed by atoms with Gasteiger partial charge >= 0.3 is 0 Å². The highest BCUT2D eigenvalue weighted by Crippen LogP contribution is 2.40. The molecule has 0 heterocycles. The van der Waals surface area contributed by atoms with Crippen molar-refractivity contribution >= 4 is 6.41 Å². The van der Waals surface area contributed by atoms with E-state index in [-0.39, 0.29) is 6.10 Å². The van der Waals surface area contributed by atoms with Crippen molar-refractivity contribution in [2.45, 2.75) is 76.4 Å². The Hall–Kier alpha value is -1.35. The highest BCUT2D eigenvalue weighted by molar-refractivity contribution is 5.47. The predicted octanol–water partition coefficient (Wildman–Crippen LogP) is 3.85. The van der Waals surface area contributed by atoms with Gasteiger partial charge in [-0.3, -0.25) is 4.79 Å². The number of hydrogen-bond donors (Lipinski definition) is 2. The summed E-state index contributed by atoms with van der Waals surface area (Å²) >= 11 is 0. The maximum absolute atomic E-state index is 10.7. The van der Waals surface area contributed by atoms with Gasteiger partial charge in [-0.05, 0) is 67.1 Å². The summed E-state index contributed by atoms with van der Waals surface area (Å²) in [5.41, 5.74) is 3.88. The van der Waals surface area contributed by atoms with E-state index in [0.29, 0.717) is 17.9 Å². The van der Waals surface area contributed by atoms with Crippen molar-refractivity contribution in [3.63, 3.8) is 0 Å². The van der Waals surface area contributed by atoms with E-state index in [1.165, 1.54) is 24.0 Å². The average Bonchev–Trinajstić information content (AvgIpc) is 3.03. The largest absolute Gasteiger partial charge is 0.388 e. The molecule has 0 saturated heterocycles. The molecule has 1 saturated carbocycles. The van der Waals surface area contributed by atoms with Crippen molar-refractivity contribution in [2.24, 2.45) is 5.92 Å². The first-order chi connectivity index (χ1) is 11.2. The first kappa shape index (κ1) is 16.5. The molecule has 0 aromatic heterocycles. The molecular weight excluding hydrogens is 286 g/mol. The van der Waals surface area contributed by atoms with Gasteiger partial charge in [0.05, 0.1) is 6.10 Å². The third kappa shape index (κ3) is 3.60. The van der Waals surface area contributed by atoms with Gasteiger partial charge in [-0.15, -0.1) is 0 Å². The monoisotopic (exact) mass is 315 g/mol. The summed E-state index contributed by atoms with van der Waals surface area (Å²) < 4.78 is 0. The molecule has 1 amide bonds. The van der Waals surface area contributed by atoms with Crippen LogP contribution in [0.2, 0.25) is 0 Å². The molecule has 0 spiro atoms. The first-order valence-electron chi connectivity index (χ1n) is 9.23. The Morgan fingerprint density at radius 1 is 1.30 bits per heavy atom. The molecule has 2 aliphatic rings. The second-order valence-corrected chi connectivity index (χ2v) is 7.34. The molecule has 1 aromatic carbocycles. The summed E-state index contributed by atoms with van der Waals surface area (Å²) in [6.07, 6.45) is 9.55. The molecule has 4 unspecified atom stereocenters. The number of carbonyl (C=O) groups excluding carboxylic acids is 1. The van der Waals surface area contributed by atoms with Crippen LogP contribution >= 0.6 is 0 Å². The van der Waals surface area contributed by atoms with E-state index in [4.69, 9.17) is 0 Å². The van der Waals surface area contributed by atoms with Crippen LogP contribution in [0.25, 0.3) is 0 Å². The van der Waals surface area contributed by atoms with Crippen LogP contribution in [0.3, 0.4) is 0 Å².